The number of carbonyl (C=O) groups excluding carboxylic acids is 1. The Kier molecular flexibility index (Phi) is 5.34. The molecule has 2 aliphatic heterocycles. The molecule has 126 valence electrons. The molecule has 2 fully saturated rings. The molecule has 0 saturated carbocycles. The van der Waals surface area contributed by atoms with Gasteiger partial charge in [-0.2, -0.15) is 0 Å². The lowest BCUT2D eigenvalue weighted by Gasteiger charge is -2.37. The Labute approximate surface area is 139 Å². The lowest BCUT2D eigenvalue weighted by molar-refractivity contribution is 0.0625. The highest BCUT2D eigenvalue weighted by atomic mass is 16.5. The summed E-state index contributed by atoms with van der Waals surface area (Å²) in [6.45, 7) is 7.23. The Morgan fingerprint density at radius 2 is 1.91 bits per heavy atom. The van der Waals surface area contributed by atoms with E-state index >= 15 is 0 Å². The van der Waals surface area contributed by atoms with Crippen molar-refractivity contribution in [1.29, 1.82) is 0 Å². The maximum Gasteiger partial charge on any atom is 0.253 e. The molecule has 1 atom stereocenters. The molecule has 1 unspecified atom stereocenters. The van der Waals surface area contributed by atoms with E-state index in [9.17, 15) is 4.79 Å². The molecule has 2 heterocycles. The lowest BCUT2D eigenvalue weighted by Crippen LogP contribution is -2.46. The topological polar surface area (TPSA) is 32.8 Å². The van der Waals surface area contributed by atoms with Crippen LogP contribution in [0.1, 0.15) is 35.2 Å². The monoisotopic (exact) mass is 316 g/mol. The summed E-state index contributed by atoms with van der Waals surface area (Å²) in [6.07, 6.45) is 3.34. The van der Waals surface area contributed by atoms with Crippen LogP contribution >= 0.6 is 0 Å². The van der Waals surface area contributed by atoms with Gasteiger partial charge in [0.1, 0.15) is 0 Å². The summed E-state index contributed by atoms with van der Waals surface area (Å²) in [5.74, 6) is 0.853. The van der Waals surface area contributed by atoms with Crippen LogP contribution < -0.4 is 0 Å². The Hall–Kier alpha value is -1.39. The minimum absolute atomic E-state index is 0.146. The third kappa shape index (κ3) is 4.12. The van der Waals surface area contributed by atoms with Gasteiger partial charge in [-0.15, -0.1) is 0 Å². The van der Waals surface area contributed by atoms with E-state index in [1.54, 1.807) is 0 Å². The predicted octanol–water partition coefficient (Wildman–Crippen LogP) is 2.57. The van der Waals surface area contributed by atoms with Gasteiger partial charge in [0, 0.05) is 44.9 Å². The average molecular weight is 316 g/mol. The molecule has 0 bridgehead atoms. The molecule has 23 heavy (non-hydrogen) atoms. The maximum atomic E-state index is 12.6. The van der Waals surface area contributed by atoms with Gasteiger partial charge >= 0.3 is 0 Å². The zero-order valence-electron chi connectivity index (χ0n) is 14.3. The Balaban J connectivity index is 1.50. The van der Waals surface area contributed by atoms with Crippen LogP contribution in [-0.4, -0.2) is 61.6 Å². The van der Waals surface area contributed by atoms with E-state index in [4.69, 9.17) is 4.74 Å². The smallest absolute Gasteiger partial charge is 0.253 e. The van der Waals surface area contributed by atoms with E-state index in [0.717, 1.165) is 51.3 Å². The number of likely N-dealkylation sites (tertiary alicyclic amines) is 1. The molecular formula is C19H28N2O2. The van der Waals surface area contributed by atoms with E-state index in [0.29, 0.717) is 12.0 Å². The summed E-state index contributed by atoms with van der Waals surface area (Å²) < 4.78 is 5.47. The van der Waals surface area contributed by atoms with Gasteiger partial charge < -0.3 is 14.5 Å². The first kappa shape index (κ1) is 16.5. The van der Waals surface area contributed by atoms with Gasteiger partial charge in [0.15, 0.2) is 0 Å². The molecule has 2 saturated heterocycles. The third-order valence-electron chi connectivity index (χ3n) is 5.26. The summed E-state index contributed by atoms with van der Waals surface area (Å²) in [7, 11) is 1.95. The highest BCUT2D eigenvalue weighted by Gasteiger charge is 2.27. The zero-order valence-corrected chi connectivity index (χ0v) is 14.3. The number of rotatable bonds is 4. The fourth-order valence-electron chi connectivity index (χ4n) is 3.65. The summed E-state index contributed by atoms with van der Waals surface area (Å²) in [5.41, 5.74) is 1.98. The molecule has 0 spiro atoms. The van der Waals surface area contributed by atoms with Gasteiger partial charge in [0.2, 0.25) is 0 Å². The maximum absolute atomic E-state index is 12.6. The molecule has 3 rings (SSSR count). The van der Waals surface area contributed by atoms with Crippen molar-refractivity contribution in [3.8, 4) is 0 Å². The van der Waals surface area contributed by atoms with Crippen molar-refractivity contribution in [1.82, 2.24) is 9.80 Å². The largest absolute Gasteiger partial charge is 0.381 e. The second-order valence-electron chi connectivity index (χ2n) is 7.04. The van der Waals surface area contributed by atoms with Crippen molar-refractivity contribution in [2.45, 2.75) is 32.2 Å². The molecule has 0 radical (unpaired) electrons. The fourth-order valence-corrected chi connectivity index (χ4v) is 3.65. The van der Waals surface area contributed by atoms with Gasteiger partial charge in [-0.3, -0.25) is 4.79 Å². The molecule has 1 aromatic rings. The van der Waals surface area contributed by atoms with E-state index in [1.807, 2.05) is 43.1 Å². The van der Waals surface area contributed by atoms with E-state index in [2.05, 4.69) is 4.90 Å². The van der Waals surface area contributed by atoms with Crippen LogP contribution in [0.15, 0.2) is 24.3 Å². The first-order chi connectivity index (χ1) is 11.1. The molecule has 0 N–H and O–H groups in total. The van der Waals surface area contributed by atoms with Crippen molar-refractivity contribution < 1.29 is 9.53 Å². The van der Waals surface area contributed by atoms with Crippen LogP contribution in [0.2, 0.25) is 0 Å². The normalized spacial score (nSPS) is 23.1. The number of aryl methyl sites for hydroxylation is 1. The number of amides is 1. The van der Waals surface area contributed by atoms with Crippen molar-refractivity contribution in [3.63, 3.8) is 0 Å². The third-order valence-corrected chi connectivity index (χ3v) is 5.26. The predicted molar refractivity (Wildman–Crippen MR) is 91.7 cm³/mol. The number of hydrogen-bond donors (Lipinski definition) is 0. The Morgan fingerprint density at radius 1 is 1.22 bits per heavy atom. The minimum Gasteiger partial charge on any atom is -0.381 e. The Morgan fingerprint density at radius 3 is 2.52 bits per heavy atom. The van der Waals surface area contributed by atoms with E-state index < -0.39 is 0 Å². The van der Waals surface area contributed by atoms with Gasteiger partial charge in [0.05, 0.1) is 6.61 Å². The van der Waals surface area contributed by atoms with Crippen LogP contribution in [0.5, 0.6) is 0 Å². The van der Waals surface area contributed by atoms with E-state index in [-0.39, 0.29) is 5.91 Å². The summed E-state index contributed by atoms with van der Waals surface area (Å²) in [5, 5.41) is 0. The second kappa shape index (κ2) is 7.45. The van der Waals surface area contributed by atoms with Crippen molar-refractivity contribution in [3.05, 3.63) is 35.4 Å². The SMILES string of the molecule is Cc1ccc(C(=O)N(C)C2CCN(CC3CCOC3)CC2)cc1. The standard InChI is InChI=1S/C19H28N2O2/c1-15-3-5-17(6-4-15)19(22)20(2)18-7-10-21(11-8-18)13-16-9-12-23-14-16/h3-6,16,18H,7-14H2,1-2H3. The zero-order chi connectivity index (χ0) is 16.2. The number of carbonyl (C=O) groups is 1. The molecule has 1 aromatic carbocycles. The minimum atomic E-state index is 0.146. The lowest BCUT2D eigenvalue weighted by atomic mass is 10.0. The first-order valence-corrected chi connectivity index (χ1v) is 8.77. The molecule has 0 aliphatic carbocycles. The van der Waals surface area contributed by atoms with Crippen molar-refractivity contribution in [2.24, 2.45) is 5.92 Å². The molecular weight excluding hydrogens is 288 g/mol. The number of hydrogen-bond acceptors (Lipinski definition) is 3. The Bertz CT molecular complexity index is 515. The first-order valence-electron chi connectivity index (χ1n) is 8.77. The molecule has 4 heteroatoms. The van der Waals surface area contributed by atoms with Crippen molar-refractivity contribution in [2.75, 3.05) is 39.9 Å². The van der Waals surface area contributed by atoms with Gasteiger partial charge in [0.25, 0.3) is 5.91 Å². The number of ether oxygens (including phenoxy) is 1. The van der Waals surface area contributed by atoms with Crippen LogP contribution in [-0.2, 0) is 4.74 Å². The van der Waals surface area contributed by atoms with Gasteiger partial charge in [-0.1, -0.05) is 17.7 Å². The van der Waals surface area contributed by atoms with Gasteiger partial charge in [-0.05, 0) is 44.2 Å². The van der Waals surface area contributed by atoms with E-state index in [1.165, 1.54) is 12.0 Å². The fraction of sp³-hybridized carbons (Fsp3) is 0.632. The molecule has 2 aliphatic rings. The second-order valence-corrected chi connectivity index (χ2v) is 7.04. The highest BCUT2D eigenvalue weighted by molar-refractivity contribution is 5.94. The molecule has 4 nitrogen and oxygen atoms in total. The van der Waals surface area contributed by atoms with Crippen LogP contribution in [0.3, 0.4) is 0 Å². The van der Waals surface area contributed by atoms with Crippen molar-refractivity contribution >= 4 is 5.91 Å². The average Bonchev–Trinajstić information content (AvgIpc) is 3.08. The van der Waals surface area contributed by atoms with Crippen LogP contribution in [0.25, 0.3) is 0 Å². The van der Waals surface area contributed by atoms with Gasteiger partial charge in [-0.25, -0.2) is 0 Å². The summed E-state index contributed by atoms with van der Waals surface area (Å²) in [6, 6.07) is 8.24. The van der Waals surface area contributed by atoms with Crippen LogP contribution in [0.4, 0.5) is 0 Å². The molecule has 1 amide bonds. The molecule has 0 aromatic heterocycles. The quantitative estimate of drug-likeness (QED) is 0.856. The number of benzene rings is 1. The number of piperidine rings is 1. The van der Waals surface area contributed by atoms with Crippen LogP contribution in [0, 0.1) is 12.8 Å². The summed E-state index contributed by atoms with van der Waals surface area (Å²) in [4.78, 5) is 17.1. The summed E-state index contributed by atoms with van der Waals surface area (Å²) >= 11 is 0. The number of nitrogens with zero attached hydrogens (tertiary/aromatic N) is 2. The highest BCUT2D eigenvalue weighted by Crippen LogP contribution is 2.21.